The van der Waals surface area contributed by atoms with Crippen LogP contribution in [-0.4, -0.2) is 29.5 Å². The van der Waals surface area contributed by atoms with Gasteiger partial charge in [-0.15, -0.1) is 11.8 Å². The molecule has 1 aliphatic carbocycles. The van der Waals surface area contributed by atoms with E-state index in [9.17, 15) is 27.5 Å². The van der Waals surface area contributed by atoms with Gasteiger partial charge in [-0.1, -0.05) is 18.2 Å². The summed E-state index contributed by atoms with van der Waals surface area (Å²) in [6.45, 7) is 2.27. The molecule has 0 atom stereocenters. The molecule has 3 nitrogen and oxygen atoms in total. The molecule has 0 amide bonds. The molecule has 0 bridgehead atoms. The van der Waals surface area contributed by atoms with Crippen LogP contribution in [0.15, 0.2) is 41.3 Å². The van der Waals surface area contributed by atoms with Crippen LogP contribution in [-0.2, 0) is 6.54 Å². The fraction of sp³-hybridized carbons (Fsp3) is 0.381. The number of alkyl halides is 3. The highest BCUT2D eigenvalue weighted by molar-refractivity contribution is 7.99. The maximum Gasteiger partial charge on any atom is 0.398 e. The van der Waals surface area contributed by atoms with Crippen LogP contribution in [0.1, 0.15) is 34.3 Å². The van der Waals surface area contributed by atoms with E-state index in [0.29, 0.717) is 40.2 Å². The lowest BCUT2D eigenvalue weighted by molar-refractivity contribution is -0.105. The summed E-state index contributed by atoms with van der Waals surface area (Å²) in [5.74, 6) is -2.27. The molecule has 8 heteroatoms. The molecular formula is C21H21F4NO2S. The van der Waals surface area contributed by atoms with Gasteiger partial charge in [-0.25, -0.2) is 9.18 Å². The minimum atomic E-state index is -4.32. The van der Waals surface area contributed by atoms with Crippen LogP contribution in [0, 0.1) is 18.7 Å². The first kappa shape index (κ1) is 21.5. The molecule has 1 N–H and O–H groups in total. The molecule has 156 valence electrons. The molecule has 2 aromatic carbocycles. The van der Waals surface area contributed by atoms with Crippen molar-refractivity contribution < 1.29 is 27.5 Å². The molecule has 3 rings (SSSR count). The van der Waals surface area contributed by atoms with Crippen LogP contribution in [0.4, 0.5) is 23.2 Å². The third-order valence-corrected chi connectivity index (χ3v) is 5.98. The number of nitrogens with zero attached hydrogens (tertiary/aromatic N) is 1. The molecule has 0 aromatic heterocycles. The van der Waals surface area contributed by atoms with Crippen molar-refractivity contribution in [1.82, 2.24) is 0 Å². The van der Waals surface area contributed by atoms with Gasteiger partial charge in [-0.3, -0.25) is 0 Å². The summed E-state index contributed by atoms with van der Waals surface area (Å²) in [6.07, 6.45) is -2.32. The number of thioether (sulfide) groups is 1. The summed E-state index contributed by atoms with van der Waals surface area (Å²) in [5, 5.41) is 9.42. The topological polar surface area (TPSA) is 40.5 Å². The van der Waals surface area contributed by atoms with E-state index in [2.05, 4.69) is 0 Å². The normalized spacial score (nSPS) is 14.1. The molecule has 0 unspecified atom stereocenters. The molecule has 2 aromatic rings. The molecule has 1 fully saturated rings. The minimum absolute atomic E-state index is 0.132. The first-order valence-electron chi connectivity index (χ1n) is 9.20. The van der Waals surface area contributed by atoms with E-state index in [4.69, 9.17) is 0 Å². The number of carbonyl (C=O) groups is 1. The second-order valence-electron chi connectivity index (χ2n) is 7.26. The Morgan fingerprint density at radius 3 is 2.55 bits per heavy atom. The number of carboxylic acids is 1. The molecule has 29 heavy (non-hydrogen) atoms. The highest BCUT2D eigenvalue weighted by atomic mass is 32.2. The second-order valence-corrected chi connectivity index (χ2v) is 8.28. The van der Waals surface area contributed by atoms with E-state index < -0.39 is 23.7 Å². The molecule has 1 saturated carbocycles. The lowest BCUT2D eigenvalue weighted by Gasteiger charge is -2.27. The largest absolute Gasteiger partial charge is 0.478 e. The predicted molar refractivity (Wildman–Crippen MR) is 105 cm³/mol. The van der Waals surface area contributed by atoms with Gasteiger partial charge in [0.15, 0.2) is 0 Å². The Labute approximate surface area is 170 Å². The van der Waals surface area contributed by atoms with Crippen LogP contribution in [0.5, 0.6) is 0 Å². The van der Waals surface area contributed by atoms with Crippen LogP contribution in [0.3, 0.4) is 0 Å². The molecule has 0 spiro atoms. The van der Waals surface area contributed by atoms with Crippen LogP contribution in [0.25, 0.3) is 0 Å². The standard InChI is InChI=1S/C21H21F4NO2S/c1-13-8-17(22)18(9-19(13)29-12-21(23,24)25)26(10-14-6-7-14)11-15-4-2-3-5-16(15)20(27)28/h2-5,8-9,14H,6-7,10-12H2,1H3,(H,27,28). The van der Waals surface area contributed by atoms with Crippen molar-refractivity contribution >= 4 is 23.4 Å². The van der Waals surface area contributed by atoms with Crippen molar-refractivity contribution in [3.05, 3.63) is 58.9 Å². The van der Waals surface area contributed by atoms with Crippen molar-refractivity contribution in [2.45, 2.75) is 37.4 Å². The average Bonchev–Trinajstić information content (AvgIpc) is 3.44. The summed E-state index contributed by atoms with van der Waals surface area (Å²) in [7, 11) is 0. The van der Waals surface area contributed by atoms with E-state index in [1.807, 2.05) is 0 Å². The number of hydrogen-bond donors (Lipinski definition) is 1. The van der Waals surface area contributed by atoms with E-state index >= 15 is 0 Å². The Morgan fingerprint density at radius 1 is 1.24 bits per heavy atom. The van der Waals surface area contributed by atoms with E-state index in [0.717, 1.165) is 12.8 Å². The summed E-state index contributed by atoms with van der Waals surface area (Å²) in [6, 6.07) is 9.20. The Hall–Kier alpha value is -2.22. The molecule has 0 heterocycles. The summed E-state index contributed by atoms with van der Waals surface area (Å²) >= 11 is 0.631. The Bertz CT molecular complexity index is 897. The smallest absolute Gasteiger partial charge is 0.398 e. The fourth-order valence-corrected chi connectivity index (χ4v) is 3.93. The number of aryl methyl sites for hydroxylation is 1. The van der Waals surface area contributed by atoms with Crippen LogP contribution < -0.4 is 4.90 Å². The van der Waals surface area contributed by atoms with Gasteiger partial charge in [0, 0.05) is 18.0 Å². The van der Waals surface area contributed by atoms with Gasteiger partial charge in [0.1, 0.15) is 5.82 Å². The maximum atomic E-state index is 14.8. The SMILES string of the molecule is Cc1cc(F)c(N(Cc2ccccc2C(=O)O)CC2CC2)cc1SCC(F)(F)F. The first-order chi connectivity index (χ1) is 13.6. The van der Waals surface area contributed by atoms with E-state index in [-0.39, 0.29) is 17.8 Å². The minimum Gasteiger partial charge on any atom is -0.478 e. The van der Waals surface area contributed by atoms with Crippen LogP contribution >= 0.6 is 11.8 Å². The number of anilines is 1. The van der Waals surface area contributed by atoms with Crippen molar-refractivity contribution in [2.75, 3.05) is 17.2 Å². The molecule has 0 radical (unpaired) electrons. The summed E-state index contributed by atoms with van der Waals surface area (Å²) in [5.41, 5.74) is 1.31. The number of carboxylic acid groups (broad SMARTS) is 1. The van der Waals surface area contributed by atoms with Gasteiger partial charge in [-0.2, -0.15) is 13.2 Å². The number of aromatic carboxylic acids is 1. The maximum absolute atomic E-state index is 14.8. The zero-order valence-electron chi connectivity index (χ0n) is 15.8. The fourth-order valence-electron chi connectivity index (χ4n) is 3.13. The van der Waals surface area contributed by atoms with Gasteiger partial charge in [-0.05, 0) is 55.0 Å². The molecular weight excluding hydrogens is 406 g/mol. The van der Waals surface area contributed by atoms with Crippen molar-refractivity contribution in [1.29, 1.82) is 0 Å². The summed E-state index contributed by atoms with van der Waals surface area (Å²) < 4.78 is 52.7. The lowest BCUT2D eigenvalue weighted by Crippen LogP contribution is -2.27. The highest BCUT2D eigenvalue weighted by Crippen LogP contribution is 2.37. The second kappa shape index (κ2) is 8.65. The van der Waals surface area contributed by atoms with Crippen molar-refractivity contribution in [3.63, 3.8) is 0 Å². The van der Waals surface area contributed by atoms with Gasteiger partial charge < -0.3 is 10.0 Å². The predicted octanol–water partition coefficient (Wildman–Crippen LogP) is 5.90. The van der Waals surface area contributed by atoms with Gasteiger partial charge in [0.05, 0.1) is 17.0 Å². The number of rotatable bonds is 8. The number of benzene rings is 2. The molecule has 0 saturated heterocycles. The first-order valence-corrected chi connectivity index (χ1v) is 10.2. The van der Waals surface area contributed by atoms with Gasteiger partial charge >= 0.3 is 12.1 Å². The molecule has 0 aliphatic heterocycles. The van der Waals surface area contributed by atoms with Gasteiger partial charge in [0.25, 0.3) is 0 Å². The zero-order chi connectivity index (χ0) is 21.2. The lowest BCUT2D eigenvalue weighted by atomic mass is 10.1. The quantitative estimate of drug-likeness (QED) is 0.420. The summed E-state index contributed by atoms with van der Waals surface area (Å²) in [4.78, 5) is 13.6. The van der Waals surface area contributed by atoms with Gasteiger partial charge in [0.2, 0.25) is 0 Å². The monoisotopic (exact) mass is 427 g/mol. The third-order valence-electron chi connectivity index (χ3n) is 4.76. The molecule has 1 aliphatic rings. The van der Waals surface area contributed by atoms with E-state index in [1.165, 1.54) is 18.2 Å². The van der Waals surface area contributed by atoms with Crippen LogP contribution in [0.2, 0.25) is 0 Å². The third kappa shape index (κ3) is 5.88. The van der Waals surface area contributed by atoms with Crippen molar-refractivity contribution in [3.8, 4) is 0 Å². The Kier molecular flexibility index (Phi) is 6.41. The van der Waals surface area contributed by atoms with E-state index in [1.54, 1.807) is 30.0 Å². The highest BCUT2D eigenvalue weighted by Gasteiger charge is 2.29. The number of hydrogen-bond acceptors (Lipinski definition) is 3. The zero-order valence-corrected chi connectivity index (χ0v) is 16.6. The number of halogens is 4. The Balaban J connectivity index is 1.93. The van der Waals surface area contributed by atoms with Crippen molar-refractivity contribution in [2.24, 2.45) is 5.92 Å². The average molecular weight is 427 g/mol. The Morgan fingerprint density at radius 2 is 1.93 bits per heavy atom.